The van der Waals surface area contributed by atoms with Gasteiger partial charge in [-0.2, -0.15) is 0 Å². The first kappa shape index (κ1) is 25.7. The van der Waals surface area contributed by atoms with E-state index in [1.54, 1.807) is 19.1 Å². The van der Waals surface area contributed by atoms with Gasteiger partial charge in [0.15, 0.2) is 5.30 Å². The summed E-state index contributed by atoms with van der Waals surface area (Å²) in [4.78, 5) is 12.7. The molecule has 17 heavy (non-hydrogen) atoms. The van der Waals surface area contributed by atoms with Crippen LogP contribution in [0.15, 0.2) is 18.2 Å². The SMILES string of the molecule is Cc1cc(N(C)C)ccc1[P+](=O)[O-].O.O.O.[Na+]. The number of hydrogen-bond donors (Lipinski definition) is 0. The van der Waals surface area contributed by atoms with Crippen LogP contribution in [-0.2, 0) is 4.57 Å². The molecule has 0 saturated carbocycles. The summed E-state index contributed by atoms with van der Waals surface area (Å²) in [5.74, 6) is 0. The molecule has 0 aliphatic carbocycles. The third-order valence-corrected chi connectivity index (χ3v) is 2.79. The molecule has 6 N–H and O–H groups in total. The first-order chi connectivity index (χ1) is 6.02. The van der Waals surface area contributed by atoms with Gasteiger partial charge in [0.1, 0.15) is 0 Å². The van der Waals surface area contributed by atoms with Crippen LogP contribution < -0.4 is 44.7 Å². The average Bonchev–Trinajstić information content (AvgIpc) is 2.03. The van der Waals surface area contributed by atoms with Crippen molar-refractivity contribution in [2.24, 2.45) is 0 Å². The van der Waals surface area contributed by atoms with E-state index in [1.807, 2.05) is 25.1 Å². The van der Waals surface area contributed by atoms with Crippen LogP contribution >= 0.6 is 8.03 Å². The van der Waals surface area contributed by atoms with Crippen molar-refractivity contribution in [2.45, 2.75) is 6.92 Å². The predicted octanol–water partition coefficient (Wildman–Crippen LogP) is -4.68. The summed E-state index contributed by atoms with van der Waals surface area (Å²) in [6.45, 7) is 1.80. The molecule has 0 aliphatic rings. The molecule has 1 aromatic rings. The van der Waals surface area contributed by atoms with Crippen molar-refractivity contribution >= 4 is 19.0 Å². The van der Waals surface area contributed by atoms with Gasteiger partial charge in [-0.15, -0.1) is 0 Å². The van der Waals surface area contributed by atoms with Crippen LogP contribution in [0.2, 0.25) is 0 Å². The minimum absolute atomic E-state index is 0. The number of nitrogens with zero attached hydrogens (tertiary/aromatic N) is 1. The normalized spacial score (nSPS) is 8.59. The van der Waals surface area contributed by atoms with E-state index in [2.05, 4.69) is 0 Å². The fourth-order valence-electron chi connectivity index (χ4n) is 1.12. The Morgan fingerprint density at radius 1 is 1.18 bits per heavy atom. The minimum Gasteiger partial charge on any atom is -0.591 e. The number of aryl methyl sites for hydroxylation is 1. The van der Waals surface area contributed by atoms with Crippen LogP contribution in [0, 0.1) is 6.92 Å². The molecular formula is C9H18NNaO5P+. The van der Waals surface area contributed by atoms with Crippen LogP contribution in [0.3, 0.4) is 0 Å². The summed E-state index contributed by atoms with van der Waals surface area (Å²) < 4.78 is 10.7. The molecule has 94 valence electrons. The molecule has 0 radical (unpaired) electrons. The Hall–Kier alpha value is -0.0400. The molecule has 0 bridgehead atoms. The maximum Gasteiger partial charge on any atom is 1.00 e. The molecule has 1 rings (SSSR count). The Balaban J connectivity index is -0.000000211. The van der Waals surface area contributed by atoms with E-state index in [-0.39, 0.29) is 46.0 Å². The van der Waals surface area contributed by atoms with Gasteiger partial charge in [-0.25, -0.2) is 0 Å². The molecule has 0 heterocycles. The van der Waals surface area contributed by atoms with Gasteiger partial charge in [0.05, 0.1) is 0 Å². The van der Waals surface area contributed by atoms with Crippen molar-refractivity contribution in [3.05, 3.63) is 23.8 Å². The molecule has 0 fully saturated rings. The van der Waals surface area contributed by atoms with E-state index in [4.69, 9.17) is 0 Å². The van der Waals surface area contributed by atoms with Crippen LogP contribution in [-0.4, -0.2) is 30.5 Å². The van der Waals surface area contributed by atoms with Crippen molar-refractivity contribution in [3.63, 3.8) is 0 Å². The topological polar surface area (TPSA) is 138 Å². The Morgan fingerprint density at radius 2 is 1.65 bits per heavy atom. The Morgan fingerprint density at radius 3 is 1.94 bits per heavy atom. The van der Waals surface area contributed by atoms with Gasteiger partial charge >= 0.3 is 37.6 Å². The van der Waals surface area contributed by atoms with E-state index in [0.717, 1.165) is 11.3 Å². The molecular weight excluding hydrogens is 256 g/mol. The van der Waals surface area contributed by atoms with Gasteiger partial charge < -0.3 is 26.2 Å². The summed E-state index contributed by atoms with van der Waals surface area (Å²) in [7, 11) is 1.38. The van der Waals surface area contributed by atoms with Crippen molar-refractivity contribution < 1.29 is 55.4 Å². The molecule has 8 heteroatoms. The van der Waals surface area contributed by atoms with E-state index < -0.39 is 8.03 Å². The molecule has 0 spiro atoms. The van der Waals surface area contributed by atoms with E-state index in [1.165, 1.54) is 0 Å². The first-order valence-corrected chi connectivity index (χ1v) is 5.12. The summed E-state index contributed by atoms with van der Waals surface area (Å²) in [6.07, 6.45) is 0. The van der Waals surface area contributed by atoms with Crippen molar-refractivity contribution in [3.8, 4) is 0 Å². The Kier molecular flexibility index (Phi) is 16.8. The molecule has 0 aliphatic heterocycles. The number of rotatable bonds is 2. The first-order valence-electron chi connectivity index (χ1n) is 3.94. The molecule has 6 nitrogen and oxygen atoms in total. The largest absolute Gasteiger partial charge is 1.00 e. The second-order valence-corrected chi connectivity index (χ2v) is 4.12. The minimum atomic E-state index is -2.47. The molecule has 1 aromatic carbocycles. The van der Waals surface area contributed by atoms with Crippen LogP contribution in [0.1, 0.15) is 5.56 Å². The van der Waals surface area contributed by atoms with Gasteiger partial charge in [-0.1, -0.05) is 4.57 Å². The van der Waals surface area contributed by atoms with Crippen LogP contribution in [0.5, 0.6) is 0 Å². The van der Waals surface area contributed by atoms with E-state index >= 15 is 0 Å². The molecule has 0 aromatic heterocycles. The maximum atomic E-state index is 10.7. The van der Waals surface area contributed by atoms with Crippen LogP contribution in [0.4, 0.5) is 5.69 Å². The Bertz CT molecular complexity index is 348. The monoisotopic (exact) mass is 274 g/mol. The van der Waals surface area contributed by atoms with Gasteiger partial charge in [-0.3, -0.25) is 0 Å². The van der Waals surface area contributed by atoms with Gasteiger partial charge in [-0.05, 0) is 25.1 Å². The third-order valence-electron chi connectivity index (χ3n) is 1.89. The molecule has 0 saturated heterocycles. The predicted molar refractivity (Wildman–Crippen MR) is 63.6 cm³/mol. The van der Waals surface area contributed by atoms with Crippen LogP contribution in [0.25, 0.3) is 0 Å². The smallest absolute Gasteiger partial charge is 0.591 e. The third kappa shape index (κ3) is 7.08. The van der Waals surface area contributed by atoms with Gasteiger partial charge in [0, 0.05) is 25.3 Å². The molecule has 1 atom stereocenters. The number of hydrogen-bond acceptors (Lipinski definition) is 3. The zero-order valence-electron chi connectivity index (χ0n) is 10.4. The second-order valence-electron chi connectivity index (χ2n) is 3.12. The van der Waals surface area contributed by atoms with Crippen molar-refractivity contribution in [1.29, 1.82) is 0 Å². The summed E-state index contributed by atoms with van der Waals surface area (Å²) >= 11 is 0. The van der Waals surface area contributed by atoms with Crippen molar-refractivity contribution in [1.82, 2.24) is 0 Å². The fraction of sp³-hybridized carbons (Fsp3) is 0.333. The Labute approximate surface area is 124 Å². The zero-order chi connectivity index (χ0) is 10.0. The second kappa shape index (κ2) is 11.1. The standard InChI is InChI=1S/C9H12NO2P.Na.3H2O/c1-7-6-8(10(2)3)4-5-9(7)13(11)12;;;;/h4-6H,1-3H3;;3*1H2/q;+1;;;. The maximum absolute atomic E-state index is 10.7. The van der Waals surface area contributed by atoms with E-state index in [0.29, 0.717) is 5.30 Å². The summed E-state index contributed by atoms with van der Waals surface area (Å²) in [6, 6.07) is 5.30. The summed E-state index contributed by atoms with van der Waals surface area (Å²) in [5, 5.41) is 0.403. The number of anilines is 1. The zero-order valence-corrected chi connectivity index (χ0v) is 13.3. The van der Waals surface area contributed by atoms with Gasteiger partial charge in [0.2, 0.25) is 0 Å². The molecule has 1 unspecified atom stereocenters. The van der Waals surface area contributed by atoms with Crippen molar-refractivity contribution in [2.75, 3.05) is 19.0 Å². The number of benzene rings is 1. The quantitative estimate of drug-likeness (QED) is 0.395. The molecule has 0 amide bonds. The van der Waals surface area contributed by atoms with E-state index in [9.17, 15) is 9.46 Å². The fourth-order valence-corrected chi connectivity index (χ4v) is 1.67. The summed E-state index contributed by atoms with van der Waals surface area (Å²) in [5.41, 5.74) is 1.81. The average molecular weight is 274 g/mol. The van der Waals surface area contributed by atoms with Gasteiger partial charge in [0.25, 0.3) is 0 Å².